The van der Waals surface area contributed by atoms with E-state index in [4.69, 9.17) is 9.47 Å². The number of benzene rings is 2. The highest BCUT2D eigenvalue weighted by Gasteiger charge is 2.16. The number of nitrogens with zero attached hydrogens (tertiary/aromatic N) is 2. The molecule has 1 aromatic heterocycles. The predicted molar refractivity (Wildman–Crippen MR) is 102 cm³/mol. The van der Waals surface area contributed by atoms with Crippen molar-refractivity contribution in [2.24, 2.45) is 0 Å². The molecule has 1 N–H and O–H groups in total. The van der Waals surface area contributed by atoms with Gasteiger partial charge >= 0.3 is 0 Å². The van der Waals surface area contributed by atoms with Gasteiger partial charge in [-0.3, -0.25) is 4.79 Å². The van der Waals surface area contributed by atoms with E-state index in [-0.39, 0.29) is 23.6 Å². The highest BCUT2D eigenvalue weighted by Crippen LogP contribution is 2.36. The van der Waals surface area contributed by atoms with Crippen LogP contribution in [0.4, 0.5) is 0 Å². The number of H-pyrrole nitrogens is 1. The summed E-state index contributed by atoms with van der Waals surface area (Å²) < 4.78 is 11.1. The Bertz CT molecular complexity index is 1200. The van der Waals surface area contributed by atoms with Gasteiger partial charge in [0, 0.05) is 5.56 Å². The zero-order valence-electron chi connectivity index (χ0n) is 14.5. The molecule has 0 atom stereocenters. The fourth-order valence-electron chi connectivity index (χ4n) is 2.99. The van der Waals surface area contributed by atoms with Gasteiger partial charge in [0.25, 0.3) is 5.56 Å². The quantitative estimate of drug-likeness (QED) is 0.727. The van der Waals surface area contributed by atoms with E-state index < -0.39 is 0 Å². The average Bonchev–Trinajstić information content (AvgIpc) is 2.71. The van der Waals surface area contributed by atoms with Crippen LogP contribution in [0.3, 0.4) is 0 Å². The largest absolute Gasteiger partial charge is 0.493 e. The number of aromatic nitrogens is 2. The first-order chi connectivity index (χ1) is 13.2. The summed E-state index contributed by atoms with van der Waals surface area (Å²) in [6, 6.07) is 14.7. The normalized spacial score (nSPS) is 13.3. The second-order valence-corrected chi connectivity index (χ2v) is 5.99. The van der Waals surface area contributed by atoms with Crippen LogP contribution in [0.25, 0.3) is 22.6 Å². The van der Waals surface area contributed by atoms with Gasteiger partial charge in [0.05, 0.1) is 23.6 Å². The van der Waals surface area contributed by atoms with Gasteiger partial charge in [0.15, 0.2) is 17.3 Å². The van der Waals surface area contributed by atoms with Crippen LogP contribution in [0, 0.1) is 11.3 Å². The zero-order valence-corrected chi connectivity index (χ0v) is 14.5. The molecule has 0 spiro atoms. The lowest BCUT2D eigenvalue weighted by Crippen LogP contribution is -2.12. The number of para-hydroxylation sites is 2. The molecular formula is C21H15N3O3. The molecule has 3 aromatic rings. The van der Waals surface area contributed by atoms with Gasteiger partial charge in [-0.1, -0.05) is 24.3 Å². The van der Waals surface area contributed by atoms with Crippen LogP contribution < -0.4 is 15.0 Å². The summed E-state index contributed by atoms with van der Waals surface area (Å²) in [5.41, 5.74) is 2.19. The summed E-state index contributed by atoms with van der Waals surface area (Å²) in [6.45, 7) is 0.288. The first kappa shape index (κ1) is 16.6. The Labute approximate surface area is 155 Å². The summed E-state index contributed by atoms with van der Waals surface area (Å²) in [6.07, 6.45) is 3.60. The molecule has 132 valence electrons. The van der Waals surface area contributed by atoms with Crippen LogP contribution in [0.5, 0.6) is 11.5 Å². The van der Waals surface area contributed by atoms with Crippen molar-refractivity contribution in [3.05, 3.63) is 75.9 Å². The topological polar surface area (TPSA) is 88.0 Å². The number of rotatable bonds is 3. The van der Waals surface area contributed by atoms with Crippen LogP contribution in [0.15, 0.2) is 58.9 Å². The molecule has 0 amide bonds. The fourth-order valence-corrected chi connectivity index (χ4v) is 2.99. The maximum Gasteiger partial charge on any atom is 0.259 e. The molecule has 0 bridgehead atoms. The second-order valence-electron chi connectivity index (χ2n) is 5.99. The number of hydrogen-bond acceptors (Lipinski definition) is 5. The van der Waals surface area contributed by atoms with E-state index in [1.165, 1.54) is 0 Å². The van der Waals surface area contributed by atoms with E-state index in [1.54, 1.807) is 37.5 Å². The van der Waals surface area contributed by atoms with Crippen LogP contribution in [0.1, 0.15) is 11.4 Å². The number of nitrogens with one attached hydrogen (secondary N) is 1. The van der Waals surface area contributed by atoms with Crippen LogP contribution >= 0.6 is 0 Å². The van der Waals surface area contributed by atoms with Gasteiger partial charge in [0.2, 0.25) is 0 Å². The first-order valence-electron chi connectivity index (χ1n) is 8.31. The summed E-state index contributed by atoms with van der Waals surface area (Å²) in [5, 5.41) is 10.1. The summed E-state index contributed by atoms with van der Waals surface area (Å²) in [5.74, 6) is 1.57. The molecule has 0 saturated heterocycles. The van der Waals surface area contributed by atoms with E-state index in [0.29, 0.717) is 22.4 Å². The molecular weight excluding hydrogens is 342 g/mol. The lowest BCUT2D eigenvalue weighted by Gasteiger charge is -2.18. The Balaban J connectivity index is 1.77. The minimum atomic E-state index is -0.277. The Hall–Kier alpha value is -3.85. The average molecular weight is 357 g/mol. The van der Waals surface area contributed by atoms with Gasteiger partial charge < -0.3 is 14.5 Å². The summed E-state index contributed by atoms with van der Waals surface area (Å²) in [7, 11) is 1.59. The van der Waals surface area contributed by atoms with Gasteiger partial charge in [0.1, 0.15) is 12.7 Å². The summed E-state index contributed by atoms with van der Waals surface area (Å²) in [4.78, 5) is 19.4. The van der Waals surface area contributed by atoms with Gasteiger partial charge in [-0.2, -0.15) is 5.26 Å². The van der Waals surface area contributed by atoms with Crippen LogP contribution in [0.2, 0.25) is 0 Å². The highest BCUT2D eigenvalue weighted by atomic mass is 16.5. The molecule has 0 unspecified atom stereocenters. The van der Waals surface area contributed by atoms with Crippen molar-refractivity contribution < 1.29 is 9.47 Å². The van der Waals surface area contributed by atoms with Crippen molar-refractivity contribution in [2.45, 2.75) is 0 Å². The maximum absolute atomic E-state index is 12.3. The second kappa shape index (κ2) is 6.81. The molecule has 2 heterocycles. The van der Waals surface area contributed by atoms with E-state index in [1.807, 2.05) is 24.3 Å². The molecule has 6 nitrogen and oxygen atoms in total. The Morgan fingerprint density at radius 2 is 2.15 bits per heavy atom. The molecule has 1 aliphatic heterocycles. The lowest BCUT2D eigenvalue weighted by molar-refractivity contribution is 0.318. The smallest absolute Gasteiger partial charge is 0.259 e. The third kappa shape index (κ3) is 3.07. The Morgan fingerprint density at radius 3 is 2.96 bits per heavy atom. The lowest BCUT2D eigenvalue weighted by atomic mass is 10.0. The standard InChI is InChI=1S/C21H15N3O3/c1-26-18-8-4-5-14-9-13(12-27-19(14)18)10-15(11-22)20-23-17-7-3-2-6-16(17)21(25)24-20/h2-10H,12H2,1H3,(H,23,24,25). The van der Waals surface area contributed by atoms with E-state index >= 15 is 0 Å². The number of aromatic amines is 1. The third-order valence-electron chi connectivity index (χ3n) is 4.27. The van der Waals surface area contributed by atoms with Gasteiger partial charge in [-0.05, 0) is 35.9 Å². The van der Waals surface area contributed by atoms with Gasteiger partial charge in [-0.25, -0.2) is 4.98 Å². The molecule has 0 radical (unpaired) electrons. The summed E-state index contributed by atoms with van der Waals surface area (Å²) >= 11 is 0. The minimum absolute atomic E-state index is 0.235. The number of fused-ring (bicyclic) bond motifs is 2. The maximum atomic E-state index is 12.3. The van der Waals surface area contributed by atoms with Crippen molar-refractivity contribution in [2.75, 3.05) is 13.7 Å². The Kier molecular flexibility index (Phi) is 4.19. The van der Waals surface area contributed by atoms with Crippen molar-refractivity contribution in [1.29, 1.82) is 5.26 Å². The molecule has 4 rings (SSSR count). The minimum Gasteiger partial charge on any atom is -0.493 e. The van der Waals surface area contributed by atoms with E-state index in [0.717, 1.165) is 11.1 Å². The monoisotopic (exact) mass is 357 g/mol. The number of ether oxygens (including phenoxy) is 2. The van der Waals surface area contributed by atoms with E-state index in [9.17, 15) is 10.1 Å². The highest BCUT2D eigenvalue weighted by molar-refractivity contribution is 5.83. The fraction of sp³-hybridized carbons (Fsp3) is 0.0952. The number of methoxy groups -OCH3 is 1. The molecule has 6 heteroatoms. The zero-order chi connectivity index (χ0) is 18.8. The van der Waals surface area contributed by atoms with E-state index in [2.05, 4.69) is 16.0 Å². The van der Waals surface area contributed by atoms with Crippen LogP contribution in [-0.4, -0.2) is 23.7 Å². The van der Waals surface area contributed by atoms with Crippen molar-refractivity contribution >= 4 is 22.6 Å². The molecule has 0 aliphatic carbocycles. The van der Waals surface area contributed by atoms with Crippen molar-refractivity contribution in [1.82, 2.24) is 9.97 Å². The van der Waals surface area contributed by atoms with Crippen molar-refractivity contribution in [3.63, 3.8) is 0 Å². The number of allylic oxidation sites excluding steroid dienone is 1. The molecule has 2 aromatic carbocycles. The predicted octanol–water partition coefficient (Wildman–Crippen LogP) is 3.31. The molecule has 1 aliphatic rings. The molecule has 0 saturated carbocycles. The third-order valence-corrected chi connectivity index (χ3v) is 4.27. The van der Waals surface area contributed by atoms with Gasteiger partial charge in [-0.15, -0.1) is 0 Å². The SMILES string of the molecule is COc1cccc2c1OCC(C=C(C#N)c1nc3ccccc3c(=O)[nH]1)=C2. The first-order valence-corrected chi connectivity index (χ1v) is 8.31. The molecule has 0 fully saturated rings. The number of hydrogen-bond donors (Lipinski definition) is 1. The number of nitriles is 1. The van der Waals surface area contributed by atoms with Crippen molar-refractivity contribution in [3.8, 4) is 17.6 Å². The Morgan fingerprint density at radius 1 is 1.30 bits per heavy atom. The van der Waals surface area contributed by atoms with Crippen LogP contribution in [-0.2, 0) is 0 Å². The molecule has 27 heavy (non-hydrogen) atoms.